The highest BCUT2D eigenvalue weighted by Gasteiger charge is 2.02. The van der Waals surface area contributed by atoms with E-state index in [1.54, 1.807) is 0 Å². The average Bonchev–Trinajstić information content (AvgIpc) is 2.19. The summed E-state index contributed by atoms with van der Waals surface area (Å²) in [6.07, 6.45) is 0. The molecule has 0 atom stereocenters. The van der Waals surface area contributed by atoms with Crippen molar-refractivity contribution >= 4 is 23.5 Å². The van der Waals surface area contributed by atoms with Crippen LogP contribution in [0.4, 0.5) is 0 Å². The Morgan fingerprint density at radius 1 is 1.07 bits per heavy atom. The van der Waals surface area contributed by atoms with Crippen molar-refractivity contribution in [3.05, 3.63) is 0 Å². The molecule has 0 aliphatic rings. The van der Waals surface area contributed by atoms with Gasteiger partial charge in [0, 0.05) is 0 Å². The van der Waals surface area contributed by atoms with E-state index in [-0.39, 0.29) is 38.9 Å². The SMILES string of the molecule is O=C(O)COCCOCC(=O)OCCCl. The lowest BCUT2D eigenvalue weighted by atomic mass is 10.7. The van der Waals surface area contributed by atoms with E-state index in [2.05, 4.69) is 9.47 Å². The monoisotopic (exact) mass is 240 g/mol. The molecular weight excluding hydrogens is 228 g/mol. The van der Waals surface area contributed by atoms with Gasteiger partial charge in [0.15, 0.2) is 0 Å². The number of carbonyl (C=O) groups excluding carboxylic acids is 1. The molecule has 1 N–H and O–H groups in total. The number of hydrogen-bond acceptors (Lipinski definition) is 5. The van der Waals surface area contributed by atoms with Crippen molar-refractivity contribution in [3.63, 3.8) is 0 Å². The zero-order valence-corrected chi connectivity index (χ0v) is 8.86. The molecule has 0 bridgehead atoms. The molecule has 0 unspecified atom stereocenters. The first-order chi connectivity index (χ1) is 7.16. The molecule has 6 nitrogen and oxygen atoms in total. The van der Waals surface area contributed by atoms with Crippen LogP contribution in [-0.2, 0) is 23.8 Å². The van der Waals surface area contributed by atoms with Crippen molar-refractivity contribution in [2.45, 2.75) is 0 Å². The highest BCUT2D eigenvalue weighted by molar-refractivity contribution is 6.18. The molecule has 0 radical (unpaired) electrons. The second-order valence-electron chi connectivity index (χ2n) is 2.41. The van der Waals surface area contributed by atoms with Gasteiger partial charge in [-0.1, -0.05) is 0 Å². The van der Waals surface area contributed by atoms with Gasteiger partial charge in [-0.05, 0) is 0 Å². The van der Waals surface area contributed by atoms with Crippen LogP contribution in [0.25, 0.3) is 0 Å². The first-order valence-corrected chi connectivity index (χ1v) is 4.79. The van der Waals surface area contributed by atoms with Gasteiger partial charge in [0.2, 0.25) is 0 Å². The fourth-order valence-corrected chi connectivity index (χ4v) is 0.704. The third-order valence-corrected chi connectivity index (χ3v) is 1.31. The molecule has 0 spiro atoms. The van der Waals surface area contributed by atoms with Crippen LogP contribution in [0, 0.1) is 0 Å². The number of rotatable bonds is 9. The minimum Gasteiger partial charge on any atom is -0.480 e. The summed E-state index contributed by atoms with van der Waals surface area (Å²) in [5.74, 6) is -1.31. The Kier molecular flexibility index (Phi) is 9.15. The molecule has 0 aromatic heterocycles. The Morgan fingerprint density at radius 3 is 2.20 bits per heavy atom. The first-order valence-electron chi connectivity index (χ1n) is 4.25. The third-order valence-electron chi connectivity index (χ3n) is 1.16. The Bertz CT molecular complexity index is 196. The number of esters is 1. The predicted molar refractivity (Wildman–Crippen MR) is 51.0 cm³/mol. The van der Waals surface area contributed by atoms with E-state index in [0.29, 0.717) is 0 Å². The number of carboxylic acid groups (broad SMARTS) is 1. The molecule has 0 amide bonds. The number of aliphatic carboxylic acids is 1. The molecule has 0 aromatic rings. The molecule has 0 saturated heterocycles. The van der Waals surface area contributed by atoms with Crippen LogP contribution in [0.15, 0.2) is 0 Å². The van der Waals surface area contributed by atoms with E-state index < -0.39 is 11.9 Å². The minimum atomic E-state index is -1.04. The van der Waals surface area contributed by atoms with Crippen LogP contribution >= 0.6 is 11.6 Å². The van der Waals surface area contributed by atoms with Crippen LogP contribution < -0.4 is 0 Å². The van der Waals surface area contributed by atoms with Gasteiger partial charge < -0.3 is 19.3 Å². The number of ether oxygens (including phenoxy) is 3. The lowest BCUT2D eigenvalue weighted by Crippen LogP contribution is -2.17. The number of carboxylic acids is 1. The van der Waals surface area contributed by atoms with Crippen LogP contribution in [0.1, 0.15) is 0 Å². The van der Waals surface area contributed by atoms with Crippen molar-refractivity contribution in [1.82, 2.24) is 0 Å². The van der Waals surface area contributed by atoms with E-state index in [4.69, 9.17) is 21.4 Å². The van der Waals surface area contributed by atoms with Gasteiger partial charge >= 0.3 is 11.9 Å². The van der Waals surface area contributed by atoms with E-state index >= 15 is 0 Å². The van der Waals surface area contributed by atoms with Crippen molar-refractivity contribution < 1.29 is 28.9 Å². The lowest BCUT2D eigenvalue weighted by Gasteiger charge is -2.04. The zero-order valence-electron chi connectivity index (χ0n) is 8.11. The highest BCUT2D eigenvalue weighted by atomic mass is 35.5. The van der Waals surface area contributed by atoms with Crippen molar-refractivity contribution in [3.8, 4) is 0 Å². The molecule has 88 valence electrons. The average molecular weight is 241 g/mol. The molecule has 0 aliphatic carbocycles. The summed E-state index contributed by atoms with van der Waals surface area (Å²) in [6, 6.07) is 0. The quantitative estimate of drug-likeness (QED) is 0.344. The maximum Gasteiger partial charge on any atom is 0.332 e. The lowest BCUT2D eigenvalue weighted by molar-refractivity contribution is -0.150. The van der Waals surface area contributed by atoms with Crippen molar-refractivity contribution in [2.24, 2.45) is 0 Å². The molecule has 15 heavy (non-hydrogen) atoms. The molecule has 0 fully saturated rings. The highest BCUT2D eigenvalue weighted by Crippen LogP contribution is 1.84. The second kappa shape index (κ2) is 9.70. The molecule has 0 heterocycles. The minimum absolute atomic E-state index is 0.120. The van der Waals surface area contributed by atoms with Gasteiger partial charge in [-0.3, -0.25) is 0 Å². The summed E-state index contributed by atoms with van der Waals surface area (Å²) in [7, 11) is 0. The molecule has 0 saturated carbocycles. The Labute approximate surface area is 92.1 Å². The van der Waals surface area contributed by atoms with Crippen molar-refractivity contribution in [2.75, 3.05) is 38.9 Å². The van der Waals surface area contributed by atoms with Crippen LogP contribution in [0.3, 0.4) is 0 Å². The Morgan fingerprint density at radius 2 is 1.67 bits per heavy atom. The normalized spacial score (nSPS) is 9.93. The molecule has 7 heteroatoms. The third kappa shape index (κ3) is 11.1. The molecule has 0 aromatic carbocycles. The topological polar surface area (TPSA) is 82.1 Å². The molecule has 0 rings (SSSR count). The molecular formula is C8H13ClO6. The van der Waals surface area contributed by atoms with Gasteiger partial charge in [-0.15, -0.1) is 11.6 Å². The largest absolute Gasteiger partial charge is 0.480 e. The smallest absolute Gasteiger partial charge is 0.332 e. The van der Waals surface area contributed by atoms with E-state index in [9.17, 15) is 9.59 Å². The van der Waals surface area contributed by atoms with Crippen LogP contribution in [0.2, 0.25) is 0 Å². The van der Waals surface area contributed by atoms with Gasteiger partial charge in [0.25, 0.3) is 0 Å². The predicted octanol–water partition coefficient (Wildman–Crippen LogP) is -0.114. The summed E-state index contributed by atoms with van der Waals surface area (Å²) in [5, 5.41) is 8.20. The van der Waals surface area contributed by atoms with Gasteiger partial charge in [-0.25, -0.2) is 9.59 Å². The molecule has 0 aliphatic heterocycles. The zero-order chi connectivity index (χ0) is 11.5. The summed E-state index contributed by atoms with van der Waals surface area (Å²) in [5.41, 5.74) is 0. The van der Waals surface area contributed by atoms with E-state index in [1.165, 1.54) is 0 Å². The first kappa shape index (κ1) is 14.2. The summed E-state index contributed by atoms with van der Waals surface area (Å²) in [4.78, 5) is 20.8. The van der Waals surface area contributed by atoms with Crippen LogP contribution in [0.5, 0.6) is 0 Å². The maximum atomic E-state index is 10.8. The summed E-state index contributed by atoms with van der Waals surface area (Å²) in [6.45, 7) is -0.148. The summed E-state index contributed by atoms with van der Waals surface area (Å²) >= 11 is 5.28. The van der Waals surface area contributed by atoms with Crippen LogP contribution in [-0.4, -0.2) is 56.0 Å². The van der Waals surface area contributed by atoms with E-state index in [1.807, 2.05) is 0 Å². The van der Waals surface area contributed by atoms with Gasteiger partial charge in [-0.2, -0.15) is 0 Å². The summed E-state index contributed by atoms with van der Waals surface area (Å²) < 4.78 is 14.1. The second-order valence-corrected chi connectivity index (χ2v) is 2.79. The number of alkyl halides is 1. The standard InChI is InChI=1S/C8H13ClO6/c9-1-2-15-8(12)6-14-4-3-13-5-7(10)11/h1-6H2,(H,10,11). The van der Waals surface area contributed by atoms with Gasteiger partial charge in [0.1, 0.15) is 19.8 Å². The Balaban J connectivity index is 3.16. The number of halogens is 1. The fraction of sp³-hybridized carbons (Fsp3) is 0.750. The number of hydrogen-bond donors (Lipinski definition) is 1. The van der Waals surface area contributed by atoms with E-state index in [0.717, 1.165) is 0 Å². The van der Waals surface area contributed by atoms with Gasteiger partial charge in [0.05, 0.1) is 19.1 Å². The fourth-order valence-electron chi connectivity index (χ4n) is 0.627. The van der Waals surface area contributed by atoms with Crippen molar-refractivity contribution in [1.29, 1.82) is 0 Å². The Hall–Kier alpha value is -0.850. The maximum absolute atomic E-state index is 10.8. The number of carbonyl (C=O) groups is 2.